The van der Waals surface area contributed by atoms with Gasteiger partial charge in [-0.05, 0) is 31.4 Å². The van der Waals surface area contributed by atoms with Gasteiger partial charge in [0.1, 0.15) is 11.9 Å². The van der Waals surface area contributed by atoms with Crippen LogP contribution in [0.3, 0.4) is 0 Å². The van der Waals surface area contributed by atoms with E-state index in [0.717, 1.165) is 0 Å². The van der Waals surface area contributed by atoms with Gasteiger partial charge in [-0.3, -0.25) is 9.59 Å². The summed E-state index contributed by atoms with van der Waals surface area (Å²) in [7, 11) is 0. The van der Waals surface area contributed by atoms with Gasteiger partial charge in [0.15, 0.2) is 0 Å². The number of anilines is 1. The lowest BCUT2D eigenvalue weighted by Crippen LogP contribution is -2.42. The van der Waals surface area contributed by atoms with Crippen molar-refractivity contribution in [2.45, 2.75) is 47.1 Å². The van der Waals surface area contributed by atoms with Crippen molar-refractivity contribution in [1.82, 2.24) is 5.32 Å². The summed E-state index contributed by atoms with van der Waals surface area (Å²) in [6, 6.07) is 1.87. The molecule has 0 aliphatic carbocycles. The van der Waals surface area contributed by atoms with Gasteiger partial charge in [0.2, 0.25) is 11.8 Å². The Labute approximate surface area is 135 Å². The molecule has 1 atom stereocenters. The van der Waals surface area contributed by atoms with Gasteiger partial charge in [0, 0.05) is 12.0 Å². The second-order valence-electron chi connectivity index (χ2n) is 6.55. The third-order valence-corrected chi connectivity index (χ3v) is 3.37. The van der Waals surface area contributed by atoms with Gasteiger partial charge >= 0.3 is 0 Å². The van der Waals surface area contributed by atoms with Gasteiger partial charge in [0.05, 0.1) is 10.7 Å². The second-order valence-corrected chi connectivity index (χ2v) is 6.95. The maximum atomic E-state index is 13.5. The highest BCUT2D eigenvalue weighted by atomic mass is 35.5. The van der Waals surface area contributed by atoms with E-state index < -0.39 is 17.8 Å². The molecule has 0 aliphatic heterocycles. The second kappa shape index (κ2) is 7.09. The summed E-state index contributed by atoms with van der Waals surface area (Å²) in [6.07, 6.45) is 0.310. The molecular weight excluding hydrogens is 307 g/mol. The van der Waals surface area contributed by atoms with E-state index in [-0.39, 0.29) is 27.6 Å². The predicted octanol–water partition coefficient (Wildman–Crippen LogP) is 3.67. The Kier molecular flexibility index (Phi) is 5.94. The zero-order chi connectivity index (χ0) is 17.1. The minimum absolute atomic E-state index is 0.164. The molecule has 0 aliphatic rings. The van der Waals surface area contributed by atoms with Crippen molar-refractivity contribution in [1.29, 1.82) is 0 Å². The van der Waals surface area contributed by atoms with Crippen molar-refractivity contribution < 1.29 is 14.0 Å². The van der Waals surface area contributed by atoms with Crippen LogP contribution in [0.4, 0.5) is 10.1 Å². The van der Waals surface area contributed by atoms with E-state index in [1.807, 2.05) is 20.8 Å². The molecule has 1 aromatic rings. The summed E-state index contributed by atoms with van der Waals surface area (Å²) in [5, 5.41) is 5.43. The molecule has 22 heavy (non-hydrogen) atoms. The standard InChI is InChI=1S/C16H22ClFN2O2/c1-9-12(18)7-6-11(17)14(9)20-15(22)10(2)19-13(21)8-16(3,4)5/h6-7,10H,8H2,1-5H3,(H,19,21)(H,20,22)/t10-/m1/s1. The number of hydrogen-bond donors (Lipinski definition) is 2. The first-order valence-corrected chi connectivity index (χ1v) is 7.44. The quantitative estimate of drug-likeness (QED) is 0.886. The van der Waals surface area contributed by atoms with Crippen molar-refractivity contribution in [3.05, 3.63) is 28.5 Å². The van der Waals surface area contributed by atoms with Gasteiger partial charge in [-0.2, -0.15) is 0 Å². The highest BCUT2D eigenvalue weighted by Crippen LogP contribution is 2.27. The van der Waals surface area contributed by atoms with Gasteiger partial charge < -0.3 is 10.6 Å². The number of carbonyl (C=O) groups excluding carboxylic acids is 2. The van der Waals surface area contributed by atoms with Crippen LogP contribution in [0.2, 0.25) is 5.02 Å². The van der Waals surface area contributed by atoms with Crippen LogP contribution in [0.1, 0.15) is 39.7 Å². The van der Waals surface area contributed by atoms with Crippen molar-refractivity contribution in [3.63, 3.8) is 0 Å². The van der Waals surface area contributed by atoms with E-state index in [0.29, 0.717) is 6.42 Å². The maximum absolute atomic E-state index is 13.5. The third kappa shape index (κ3) is 5.30. The molecule has 0 unspecified atom stereocenters. The third-order valence-electron chi connectivity index (χ3n) is 3.06. The van der Waals surface area contributed by atoms with Crippen LogP contribution in [0.15, 0.2) is 12.1 Å². The number of nitrogens with one attached hydrogen (secondary N) is 2. The van der Waals surface area contributed by atoms with Crippen LogP contribution in [-0.2, 0) is 9.59 Å². The summed E-state index contributed by atoms with van der Waals surface area (Å²) < 4.78 is 13.5. The molecule has 2 amide bonds. The van der Waals surface area contributed by atoms with E-state index in [2.05, 4.69) is 10.6 Å². The molecule has 4 nitrogen and oxygen atoms in total. The summed E-state index contributed by atoms with van der Waals surface area (Å²) in [5.74, 6) is -1.11. The normalized spacial score (nSPS) is 12.7. The molecule has 0 bridgehead atoms. The highest BCUT2D eigenvalue weighted by molar-refractivity contribution is 6.34. The van der Waals surface area contributed by atoms with Crippen LogP contribution in [-0.4, -0.2) is 17.9 Å². The molecule has 0 aromatic heterocycles. The topological polar surface area (TPSA) is 58.2 Å². The van der Waals surface area contributed by atoms with Gasteiger partial charge in [-0.1, -0.05) is 32.4 Å². The Morgan fingerprint density at radius 2 is 1.91 bits per heavy atom. The van der Waals surface area contributed by atoms with Crippen molar-refractivity contribution in [3.8, 4) is 0 Å². The molecule has 0 heterocycles. The predicted molar refractivity (Wildman–Crippen MR) is 86.5 cm³/mol. The van der Waals surface area contributed by atoms with Gasteiger partial charge in [-0.25, -0.2) is 4.39 Å². The zero-order valence-corrected chi connectivity index (χ0v) is 14.3. The lowest BCUT2D eigenvalue weighted by Gasteiger charge is -2.20. The van der Waals surface area contributed by atoms with Gasteiger partial charge in [-0.15, -0.1) is 0 Å². The van der Waals surface area contributed by atoms with E-state index in [9.17, 15) is 14.0 Å². The summed E-state index contributed by atoms with van der Waals surface area (Å²) in [4.78, 5) is 24.0. The molecule has 6 heteroatoms. The summed E-state index contributed by atoms with van der Waals surface area (Å²) in [6.45, 7) is 8.91. The van der Waals surface area contributed by atoms with E-state index in [4.69, 9.17) is 11.6 Å². The molecule has 1 rings (SSSR count). The Balaban J connectivity index is 2.74. The number of amides is 2. The molecule has 0 saturated heterocycles. The lowest BCUT2D eigenvalue weighted by atomic mass is 9.92. The Morgan fingerprint density at radius 1 is 1.32 bits per heavy atom. The SMILES string of the molecule is Cc1c(F)ccc(Cl)c1NC(=O)[C@@H](C)NC(=O)CC(C)(C)C. The fourth-order valence-corrected chi connectivity index (χ4v) is 2.13. The molecule has 1 aromatic carbocycles. The monoisotopic (exact) mass is 328 g/mol. The van der Waals surface area contributed by atoms with Crippen LogP contribution in [0.5, 0.6) is 0 Å². The maximum Gasteiger partial charge on any atom is 0.246 e. The van der Waals surface area contributed by atoms with E-state index in [1.54, 1.807) is 6.92 Å². The molecule has 0 spiro atoms. The largest absolute Gasteiger partial charge is 0.345 e. The van der Waals surface area contributed by atoms with Crippen molar-refractivity contribution in [2.75, 3.05) is 5.32 Å². The fraction of sp³-hybridized carbons (Fsp3) is 0.500. The average molecular weight is 329 g/mol. The number of hydrogen-bond acceptors (Lipinski definition) is 2. The van der Waals surface area contributed by atoms with Crippen molar-refractivity contribution in [2.24, 2.45) is 5.41 Å². The van der Waals surface area contributed by atoms with Crippen LogP contribution >= 0.6 is 11.6 Å². The summed E-state index contributed by atoms with van der Waals surface area (Å²) in [5.41, 5.74) is 0.320. The first kappa shape index (κ1) is 18.4. The van der Waals surface area contributed by atoms with Gasteiger partial charge in [0.25, 0.3) is 0 Å². The smallest absolute Gasteiger partial charge is 0.246 e. The fourth-order valence-electron chi connectivity index (χ4n) is 1.88. The van der Waals surface area contributed by atoms with Crippen LogP contribution in [0.25, 0.3) is 0 Å². The molecular formula is C16H22ClFN2O2. The van der Waals surface area contributed by atoms with Crippen LogP contribution < -0.4 is 10.6 Å². The minimum Gasteiger partial charge on any atom is -0.345 e. The zero-order valence-electron chi connectivity index (χ0n) is 13.5. The van der Waals surface area contributed by atoms with Crippen LogP contribution in [0, 0.1) is 18.2 Å². The first-order chi connectivity index (χ1) is 10.0. The average Bonchev–Trinajstić information content (AvgIpc) is 2.36. The number of halogens is 2. The van der Waals surface area contributed by atoms with E-state index >= 15 is 0 Å². The number of benzene rings is 1. The lowest BCUT2D eigenvalue weighted by molar-refractivity contribution is -0.127. The minimum atomic E-state index is -0.742. The Hall–Kier alpha value is -1.62. The Morgan fingerprint density at radius 3 is 2.45 bits per heavy atom. The molecule has 0 fully saturated rings. The number of rotatable bonds is 4. The molecule has 0 saturated carbocycles. The molecule has 122 valence electrons. The highest BCUT2D eigenvalue weighted by Gasteiger charge is 2.21. The van der Waals surface area contributed by atoms with Crippen molar-refractivity contribution >= 4 is 29.1 Å². The van der Waals surface area contributed by atoms with E-state index in [1.165, 1.54) is 19.1 Å². The molecule has 0 radical (unpaired) electrons. The number of carbonyl (C=O) groups is 2. The summed E-state index contributed by atoms with van der Waals surface area (Å²) >= 11 is 5.97. The Bertz CT molecular complexity index is 582. The molecule has 2 N–H and O–H groups in total. The first-order valence-electron chi connectivity index (χ1n) is 7.06.